The number of amides is 1. The molecule has 1 fully saturated rings. The summed E-state index contributed by atoms with van der Waals surface area (Å²) in [6.45, 7) is 1.69. The Morgan fingerprint density at radius 1 is 1.50 bits per heavy atom. The highest BCUT2D eigenvalue weighted by molar-refractivity contribution is 8.13. The van der Waals surface area contributed by atoms with Gasteiger partial charge in [0.15, 0.2) is 16.7 Å². The molecule has 1 heterocycles. The maximum atomic E-state index is 13.8. The smallest absolute Gasteiger partial charge is 0.227 e. The first-order valence-electron chi connectivity index (χ1n) is 6.07. The maximum Gasteiger partial charge on any atom is 0.227 e. The molecule has 0 aromatic heterocycles. The number of nitrogen functional groups attached to an aromatic ring is 1. The molecule has 1 unspecified atom stereocenters. The van der Waals surface area contributed by atoms with E-state index in [0.717, 1.165) is 17.8 Å². The van der Waals surface area contributed by atoms with Gasteiger partial charge in [-0.1, -0.05) is 11.8 Å². The normalized spacial score (nSPS) is 18.6. The molecule has 0 saturated carbocycles. The Balaban J connectivity index is 2.20. The molecule has 2 N–H and O–H groups in total. The van der Waals surface area contributed by atoms with Gasteiger partial charge in [-0.25, -0.2) is 8.78 Å². The lowest BCUT2D eigenvalue weighted by Crippen LogP contribution is -2.27. The first kappa shape index (κ1) is 14.8. The number of hydrogen-bond donors (Lipinski definition) is 1. The van der Waals surface area contributed by atoms with E-state index in [1.807, 2.05) is 0 Å². The SMILES string of the molecule is CC(=O)SCC1CC(=O)N(c2c(N)ccc(F)c2F)C1. The van der Waals surface area contributed by atoms with E-state index in [2.05, 4.69) is 0 Å². The third kappa shape index (κ3) is 2.92. The molecule has 0 radical (unpaired) electrons. The zero-order valence-corrected chi connectivity index (χ0v) is 11.7. The minimum Gasteiger partial charge on any atom is -0.397 e. The highest BCUT2D eigenvalue weighted by Crippen LogP contribution is 2.34. The van der Waals surface area contributed by atoms with Crippen LogP contribution in [0.4, 0.5) is 20.2 Å². The molecule has 0 aliphatic carbocycles. The zero-order valence-electron chi connectivity index (χ0n) is 10.9. The summed E-state index contributed by atoms with van der Waals surface area (Å²) in [5, 5.41) is -0.0349. The number of nitrogens with two attached hydrogens (primary N) is 1. The number of anilines is 2. The topological polar surface area (TPSA) is 63.4 Å². The van der Waals surface area contributed by atoms with Crippen molar-refractivity contribution in [2.24, 2.45) is 5.92 Å². The molecule has 108 valence electrons. The van der Waals surface area contributed by atoms with Crippen LogP contribution in [0.2, 0.25) is 0 Å². The fourth-order valence-electron chi connectivity index (χ4n) is 2.17. The number of rotatable bonds is 3. The average Bonchev–Trinajstić information content (AvgIpc) is 2.74. The van der Waals surface area contributed by atoms with Crippen molar-refractivity contribution in [3.63, 3.8) is 0 Å². The minimum absolute atomic E-state index is 0.0251. The predicted molar refractivity (Wildman–Crippen MR) is 74.4 cm³/mol. The summed E-state index contributed by atoms with van der Waals surface area (Å²) in [7, 11) is 0. The van der Waals surface area contributed by atoms with E-state index in [1.165, 1.54) is 17.9 Å². The fourth-order valence-corrected chi connectivity index (χ4v) is 2.87. The number of carbonyl (C=O) groups excluding carboxylic acids is 2. The van der Waals surface area contributed by atoms with Crippen LogP contribution in [-0.4, -0.2) is 23.3 Å². The lowest BCUT2D eigenvalue weighted by Gasteiger charge is -2.19. The molecule has 0 bridgehead atoms. The van der Waals surface area contributed by atoms with E-state index in [1.54, 1.807) is 0 Å². The molecule has 1 aliphatic rings. The quantitative estimate of drug-likeness (QED) is 0.869. The minimum atomic E-state index is -1.11. The van der Waals surface area contributed by atoms with Gasteiger partial charge in [-0.2, -0.15) is 0 Å². The van der Waals surface area contributed by atoms with Crippen LogP contribution in [0.5, 0.6) is 0 Å². The molecule has 20 heavy (non-hydrogen) atoms. The van der Waals surface area contributed by atoms with Crippen LogP contribution >= 0.6 is 11.8 Å². The van der Waals surface area contributed by atoms with Crippen molar-refractivity contribution >= 4 is 34.2 Å². The van der Waals surface area contributed by atoms with Gasteiger partial charge in [0.2, 0.25) is 5.91 Å². The lowest BCUT2D eigenvalue weighted by molar-refractivity contribution is -0.117. The summed E-state index contributed by atoms with van der Waals surface area (Å²) in [6, 6.07) is 2.16. The molecule has 1 aromatic rings. The van der Waals surface area contributed by atoms with Crippen LogP contribution in [0.3, 0.4) is 0 Å². The van der Waals surface area contributed by atoms with Crippen molar-refractivity contribution in [1.29, 1.82) is 0 Å². The van der Waals surface area contributed by atoms with Gasteiger partial charge in [0.25, 0.3) is 0 Å². The summed E-state index contributed by atoms with van der Waals surface area (Å²) in [5.74, 6) is -2.05. The standard InChI is InChI=1S/C13H14F2N2O2S/c1-7(18)20-6-8-4-11(19)17(5-8)13-10(16)3-2-9(14)12(13)15/h2-3,8H,4-6,16H2,1H3. The Kier molecular flexibility index (Phi) is 4.27. The largest absolute Gasteiger partial charge is 0.397 e. The average molecular weight is 300 g/mol. The second kappa shape index (κ2) is 5.78. The Morgan fingerprint density at radius 2 is 2.20 bits per heavy atom. The molecule has 1 aliphatic heterocycles. The monoisotopic (exact) mass is 300 g/mol. The Labute approximate surface area is 119 Å². The van der Waals surface area contributed by atoms with E-state index in [0.29, 0.717) is 5.75 Å². The Bertz CT molecular complexity index is 566. The van der Waals surface area contributed by atoms with Crippen molar-refractivity contribution in [1.82, 2.24) is 0 Å². The number of halogens is 2. The van der Waals surface area contributed by atoms with Crippen LogP contribution in [0.1, 0.15) is 13.3 Å². The van der Waals surface area contributed by atoms with E-state index in [4.69, 9.17) is 5.73 Å². The number of hydrogen-bond acceptors (Lipinski definition) is 4. The molecule has 7 heteroatoms. The van der Waals surface area contributed by atoms with Crippen molar-refractivity contribution < 1.29 is 18.4 Å². The molecule has 2 rings (SSSR count). The summed E-state index contributed by atoms with van der Waals surface area (Å²) in [5.41, 5.74) is 5.46. The number of thioether (sulfide) groups is 1. The summed E-state index contributed by atoms with van der Waals surface area (Å²) in [6.07, 6.45) is 0.204. The van der Waals surface area contributed by atoms with Gasteiger partial charge in [0.05, 0.1) is 5.69 Å². The summed E-state index contributed by atoms with van der Waals surface area (Å²) >= 11 is 1.12. The zero-order chi connectivity index (χ0) is 14.9. The van der Waals surface area contributed by atoms with Crippen molar-refractivity contribution in [3.8, 4) is 0 Å². The maximum absolute atomic E-state index is 13.8. The van der Waals surface area contributed by atoms with Crippen molar-refractivity contribution in [2.45, 2.75) is 13.3 Å². The molecule has 1 amide bonds. The highest BCUT2D eigenvalue weighted by Gasteiger charge is 2.34. The van der Waals surface area contributed by atoms with Crippen LogP contribution in [0.15, 0.2) is 12.1 Å². The van der Waals surface area contributed by atoms with Crippen LogP contribution < -0.4 is 10.6 Å². The van der Waals surface area contributed by atoms with Gasteiger partial charge < -0.3 is 10.6 Å². The van der Waals surface area contributed by atoms with E-state index >= 15 is 0 Å². The summed E-state index contributed by atoms with van der Waals surface area (Å²) in [4.78, 5) is 24.0. The third-order valence-corrected chi connectivity index (χ3v) is 4.14. The van der Waals surface area contributed by atoms with Gasteiger partial charge >= 0.3 is 0 Å². The highest BCUT2D eigenvalue weighted by atomic mass is 32.2. The molecule has 1 saturated heterocycles. The summed E-state index contributed by atoms with van der Waals surface area (Å²) < 4.78 is 27.1. The molecule has 4 nitrogen and oxygen atoms in total. The Morgan fingerprint density at radius 3 is 2.85 bits per heavy atom. The van der Waals surface area contributed by atoms with Crippen LogP contribution in [0, 0.1) is 17.6 Å². The van der Waals surface area contributed by atoms with Gasteiger partial charge in [-0.05, 0) is 18.1 Å². The van der Waals surface area contributed by atoms with Crippen molar-refractivity contribution in [3.05, 3.63) is 23.8 Å². The van der Waals surface area contributed by atoms with Gasteiger partial charge in [0, 0.05) is 25.6 Å². The number of benzene rings is 1. The van der Waals surface area contributed by atoms with Gasteiger partial charge in [-0.3, -0.25) is 9.59 Å². The van der Waals surface area contributed by atoms with Crippen LogP contribution in [-0.2, 0) is 9.59 Å². The number of nitrogens with zero attached hydrogens (tertiary/aromatic N) is 1. The molecule has 0 spiro atoms. The van der Waals surface area contributed by atoms with Crippen molar-refractivity contribution in [2.75, 3.05) is 22.9 Å². The van der Waals surface area contributed by atoms with Gasteiger partial charge in [-0.15, -0.1) is 0 Å². The first-order valence-corrected chi connectivity index (χ1v) is 7.06. The third-order valence-electron chi connectivity index (χ3n) is 3.10. The van der Waals surface area contributed by atoms with E-state index in [9.17, 15) is 18.4 Å². The second-order valence-electron chi connectivity index (χ2n) is 4.68. The number of carbonyl (C=O) groups is 2. The lowest BCUT2D eigenvalue weighted by atomic mass is 10.1. The Hall–Kier alpha value is -1.63. The molecular weight excluding hydrogens is 286 g/mol. The van der Waals surface area contributed by atoms with E-state index in [-0.39, 0.29) is 41.3 Å². The predicted octanol–water partition coefficient (Wildman–Crippen LogP) is 2.18. The molecular formula is C13H14F2N2O2S. The van der Waals surface area contributed by atoms with E-state index < -0.39 is 11.6 Å². The van der Waals surface area contributed by atoms with Crippen LogP contribution in [0.25, 0.3) is 0 Å². The first-order chi connectivity index (χ1) is 9.40. The second-order valence-corrected chi connectivity index (χ2v) is 5.87. The van der Waals surface area contributed by atoms with Gasteiger partial charge in [0.1, 0.15) is 5.69 Å². The molecule has 1 atom stereocenters. The fraction of sp³-hybridized carbons (Fsp3) is 0.385. The molecule has 1 aromatic carbocycles.